The fourth-order valence-electron chi connectivity index (χ4n) is 1.39. The first kappa shape index (κ1) is 10.7. The van der Waals surface area contributed by atoms with Crippen molar-refractivity contribution in [2.45, 2.75) is 37.0 Å². The van der Waals surface area contributed by atoms with Crippen LogP contribution < -0.4 is 4.72 Å². The van der Waals surface area contributed by atoms with Crippen molar-refractivity contribution in [2.24, 2.45) is 0 Å². The van der Waals surface area contributed by atoms with E-state index in [-0.39, 0.29) is 23.5 Å². The molecule has 84 valence electrons. The summed E-state index contributed by atoms with van der Waals surface area (Å²) in [6.45, 7) is -0.293. The molecule has 1 saturated carbocycles. The summed E-state index contributed by atoms with van der Waals surface area (Å²) in [5.74, 6) is 0.254. The number of hydrogen-bond acceptors (Lipinski definition) is 4. The monoisotopic (exact) mass is 231 g/mol. The summed E-state index contributed by atoms with van der Waals surface area (Å²) in [5.41, 5.74) is 0. The average Bonchev–Trinajstić information content (AvgIpc) is 2.60. The van der Waals surface area contributed by atoms with E-state index in [2.05, 4.69) is 4.72 Å². The van der Waals surface area contributed by atoms with E-state index in [0.29, 0.717) is 0 Å². The average molecular weight is 231 g/mol. The minimum absolute atomic E-state index is 0.0395. The summed E-state index contributed by atoms with van der Waals surface area (Å²) < 4.78 is 30.9. The van der Waals surface area contributed by atoms with Crippen molar-refractivity contribution in [1.82, 2.24) is 4.72 Å². The number of sulfonamides is 1. The molecule has 1 heterocycles. The second-order valence-corrected chi connectivity index (χ2v) is 5.27. The molecule has 0 atom stereocenters. The number of rotatable bonds is 4. The Morgan fingerprint density at radius 2 is 2.20 bits per heavy atom. The first-order valence-electron chi connectivity index (χ1n) is 4.84. The van der Waals surface area contributed by atoms with E-state index < -0.39 is 10.0 Å². The molecule has 0 saturated heterocycles. The molecule has 0 aliphatic heterocycles. The SMILES string of the molecule is O=S(=O)(NC1CCC1)c1ccc(CO)o1. The van der Waals surface area contributed by atoms with Crippen LogP contribution in [0.25, 0.3) is 0 Å². The molecular formula is C9H13NO4S. The van der Waals surface area contributed by atoms with E-state index >= 15 is 0 Å². The third-order valence-corrected chi connectivity index (χ3v) is 3.88. The van der Waals surface area contributed by atoms with Crippen molar-refractivity contribution in [2.75, 3.05) is 0 Å². The van der Waals surface area contributed by atoms with Crippen molar-refractivity contribution >= 4 is 10.0 Å². The topological polar surface area (TPSA) is 79.5 Å². The lowest BCUT2D eigenvalue weighted by molar-refractivity contribution is 0.236. The molecular weight excluding hydrogens is 218 g/mol. The summed E-state index contributed by atoms with van der Waals surface area (Å²) in [6, 6.07) is 2.85. The van der Waals surface area contributed by atoms with Gasteiger partial charge in [0.05, 0.1) is 0 Å². The van der Waals surface area contributed by atoms with Gasteiger partial charge in [-0.3, -0.25) is 0 Å². The predicted octanol–water partition coefficient (Wildman–Crippen LogP) is 0.603. The van der Waals surface area contributed by atoms with Gasteiger partial charge in [-0.25, -0.2) is 13.1 Å². The minimum atomic E-state index is -3.54. The second kappa shape index (κ2) is 3.96. The summed E-state index contributed by atoms with van der Waals surface area (Å²) in [4.78, 5) is 0. The van der Waals surface area contributed by atoms with Crippen molar-refractivity contribution in [3.8, 4) is 0 Å². The molecule has 6 heteroatoms. The van der Waals surface area contributed by atoms with Gasteiger partial charge in [-0.05, 0) is 25.0 Å². The Kier molecular flexibility index (Phi) is 2.81. The van der Waals surface area contributed by atoms with Crippen LogP contribution in [0.4, 0.5) is 0 Å². The fourth-order valence-corrected chi connectivity index (χ4v) is 2.65. The van der Waals surface area contributed by atoms with Gasteiger partial charge < -0.3 is 9.52 Å². The van der Waals surface area contributed by atoms with Crippen LogP contribution in [0.5, 0.6) is 0 Å². The maximum Gasteiger partial charge on any atom is 0.274 e. The predicted molar refractivity (Wildman–Crippen MR) is 52.6 cm³/mol. The quantitative estimate of drug-likeness (QED) is 0.795. The third-order valence-electron chi connectivity index (χ3n) is 2.48. The Bertz CT molecular complexity index is 433. The molecule has 1 aliphatic rings. The molecule has 0 aromatic carbocycles. The molecule has 1 aromatic rings. The number of furan rings is 1. The van der Waals surface area contributed by atoms with Crippen LogP contribution in [-0.4, -0.2) is 19.6 Å². The Labute approximate surface area is 88.1 Å². The number of hydrogen-bond donors (Lipinski definition) is 2. The van der Waals surface area contributed by atoms with Crippen LogP contribution in [-0.2, 0) is 16.6 Å². The zero-order chi connectivity index (χ0) is 10.9. The van der Waals surface area contributed by atoms with Crippen LogP contribution in [0.1, 0.15) is 25.0 Å². The van der Waals surface area contributed by atoms with E-state index in [1.807, 2.05) is 0 Å². The maximum atomic E-state index is 11.7. The molecule has 0 amide bonds. The molecule has 1 fully saturated rings. The van der Waals surface area contributed by atoms with Crippen LogP contribution in [0.2, 0.25) is 0 Å². The summed E-state index contributed by atoms with van der Waals surface area (Å²) in [5, 5.41) is 8.62. The highest BCUT2D eigenvalue weighted by Crippen LogP contribution is 2.21. The Balaban J connectivity index is 2.13. The van der Waals surface area contributed by atoms with Gasteiger partial charge >= 0.3 is 0 Å². The maximum absolute atomic E-state index is 11.7. The highest BCUT2D eigenvalue weighted by atomic mass is 32.2. The molecule has 2 rings (SSSR count). The van der Waals surface area contributed by atoms with E-state index in [9.17, 15) is 8.42 Å². The van der Waals surface area contributed by atoms with Crippen molar-refractivity contribution in [1.29, 1.82) is 0 Å². The lowest BCUT2D eigenvalue weighted by atomic mass is 9.94. The zero-order valence-corrected chi connectivity index (χ0v) is 8.96. The van der Waals surface area contributed by atoms with E-state index in [1.54, 1.807) is 0 Å². The number of aliphatic hydroxyl groups excluding tert-OH is 1. The van der Waals surface area contributed by atoms with Gasteiger partial charge in [0, 0.05) is 6.04 Å². The fraction of sp³-hybridized carbons (Fsp3) is 0.556. The standard InChI is InChI=1S/C9H13NO4S/c11-6-8-4-5-9(14-8)15(12,13)10-7-2-1-3-7/h4-5,7,10-11H,1-3,6H2. The summed E-state index contributed by atoms with van der Waals surface area (Å²) in [6.07, 6.45) is 2.83. The second-order valence-electron chi connectivity index (χ2n) is 3.63. The minimum Gasteiger partial charge on any atom is -0.446 e. The molecule has 0 bridgehead atoms. The van der Waals surface area contributed by atoms with Crippen LogP contribution in [0.15, 0.2) is 21.6 Å². The Hall–Kier alpha value is -0.850. The lowest BCUT2D eigenvalue weighted by Gasteiger charge is -2.25. The molecule has 0 spiro atoms. The van der Waals surface area contributed by atoms with E-state index in [4.69, 9.17) is 9.52 Å². The van der Waals surface area contributed by atoms with Crippen molar-refractivity contribution in [3.63, 3.8) is 0 Å². The third kappa shape index (κ3) is 2.22. The highest BCUT2D eigenvalue weighted by molar-refractivity contribution is 7.89. The van der Waals surface area contributed by atoms with Gasteiger partial charge in [-0.15, -0.1) is 0 Å². The zero-order valence-electron chi connectivity index (χ0n) is 8.14. The van der Waals surface area contributed by atoms with Gasteiger partial charge in [-0.1, -0.05) is 6.42 Å². The Morgan fingerprint density at radius 1 is 1.47 bits per heavy atom. The van der Waals surface area contributed by atoms with Crippen LogP contribution in [0, 0.1) is 0 Å². The molecule has 1 aliphatic carbocycles. The van der Waals surface area contributed by atoms with Gasteiger partial charge in [0.25, 0.3) is 10.0 Å². The molecule has 0 unspecified atom stereocenters. The van der Waals surface area contributed by atoms with E-state index in [1.165, 1.54) is 12.1 Å². The highest BCUT2D eigenvalue weighted by Gasteiger charge is 2.26. The van der Waals surface area contributed by atoms with Crippen LogP contribution in [0.3, 0.4) is 0 Å². The molecule has 1 aromatic heterocycles. The first-order chi connectivity index (χ1) is 7.12. The number of nitrogens with one attached hydrogen (secondary N) is 1. The van der Waals surface area contributed by atoms with Gasteiger partial charge in [0.2, 0.25) is 5.09 Å². The largest absolute Gasteiger partial charge is 0.446 e. The summed E-state index contributed by atoms with van der Waals surface area (Å²) in [7, 11) is -3.54. The molecule has 2 N–H and O–H groups in total. The van der Waals surface area contributed by atoms with Crippen molar-refractivity contribution in [3.05, 3.63) is 17.9 Å². The normalized spacial score (nSPS) is 17.7. The lowest BCUT2D eigenvalue weighted by Crippen LogP contribution is -2.39. The van der Waals surface area contributed by atoms with Gasteiger partial charge in [0.15, 0.2) is 0 Å². The van der Waals surface area contributed by atoms with Gasteiger partial charge in [0.1, 0.15) is 12.4 Å². The van der Waals surface area contributed by atoms with Crippen molar-refractivity contribution < 1.29 is 17.9 Å². The number of aliphatic hydroxyl groups is 1. The smallest absolute Gasteiger partial charge is 0.274 e. The summed E-state index contributed by atoms with van der Waals surface area (Å²) >= 11 is 0. The molecule has 0 radical (unpaired) electrons. The Morgan fingerprint density at radius 3 is 2.67 bits per heavy atom. The van der Waals surface area contributed by atoms with Gasteiger partial charge in [-0.2, -0.15) is 0 Å². The molecule has 15 heavy (non-hydrogen) atoms. The van der Waals surface area contributed by atoms with Crippen LogP contribution >= 0.6 is 0 Å². The van der Waals surface area contributed by atoms with E-state index in [0.717, 1.165) is 19.3 Å². The first-order valence-corrected chi connectivity index (χ1v) is 6.32. The molecule has 5 nitrogen and oxygen atoms in total.